The number of amides is 3. The summed E-state index contributed by atoms with van der Waals surface area (Å²) in [5, 5.41) is 34.1. The molecule has 0 rings (SSSR count). The first-order chi connectivity index (χ1) is 12.9. The lowest BCUT2D eigenvalue weighted by atomic mass is 10.0. The number of aliphatic hydroxyl groups is 1. The molecule has 0 heterocycles. The van der Waals surface area contributed by atoms with Gasteiger partial charge in [-0.15, -0.1) is 0 Å². The Bertz CT molecular complexity index is 593. The van der Waals surface area contributed by atoms with Crippen LogP contribution in [0.4, 0.5) is 0 Å². The zero-order valence-electron chi connectivity index (χ0n) is 16.0. The largest absolute Gasteiger partial charge is 0.481 e. The van der Waals surface area contributed by atoms with Gasteiger partial charge < -0.3 is 37.0 Å². The van der Waals surface area contributed by atoms with Gasteiger partial charge in [-0.25, -0.2) is 4.79 Å². The van der Waals surface area contributed by atoms with Crippen LogP contribution in [0.1, 0.15) is 33.6 Å². The van der Waals surface area contributed by atoms with E-state index in [-0.39, 0.29) is 12.3 Å². The van der Waals surface area contributed by atoms with Crippen LogP contribution in [0, 0.1) is 5.92 Å². The van der Waals surface area contributed by atoms with E-state index in [1.54, 1.807) is 13.8 Å². The number of hydrogen-bond donors (Lipinski definition) is 7. The normalized spacial score (nSPS) is 15.1. The van der Waals surface area contributed by atoms with Crippen molar-refractivity contribution in [3.8, 4) is 0 Å². The molecule has 0 saturated heterocycles. The molecule has 0 aliphatic rings. The van der Waals surface area contributed by atoms with E-state index in [2.05, 4.69) is 16.0 Å². The summed E-state index contributed by atoms with van der Waals surface area (Å²) >= 11 is 0. The number of aliphatic hydroxyl groups excluding tert-OH is 1. The molecule has 12 heteroatoms. The molecule has 160 valence electrons. The maximum absolute atomic E-state index is 12.4. The number of carboxylic acid groups (broad SMARTS) is 2. The first-order valence-electron chi connectivity index (χ1n) is 8.61. The van der Waals surface area contributed by atoms with E-state index in [9.17, 15) is 29.1 Å². The Hall–Kier alpha value is -2.73. The molecule has 4 atom stereocenters. The number of hydrogen-bond acceptors (Lipinski definition) is 7. The molecule has 0 aliphatic heterocycles. The van der Waals surface area contributed by atoms with E-state index in [4.69, 9.17) is 15.9 Å². The second-order valence-electron chi connectivity index (χ2n) is 6.68. The molecule has 12 nitrogen and oxygen atoms in total. The van der Waals surface area contributed by atoms with Crippen LogP contribution < -0.4 is 21.7 Å². The van der Waals surface area contributed by atoms with Crippen LogP contribution in [0.15, 0.2) is 0 Å². The van der Waals surface area contributed by atoms with Gasteiger partial charge >= 0.3 is 11.9 Å². The fourth-order valence-electron chi connectivity index (χ4n) is 2.25. The van der Waals surface area contributed by atoms with E-state index in [1.165, 1.54) is 6.92 Å². The Labute approximate surface area is 161 Å². The molecule has 0 saturated carbocycles. The van der Waals surface area contributed by atoms with Crippen molar-refractivity contribution in [2.45, 2.75) is 57.8 Å². The highest BCUT2D eigenvalue weighted by Gasteiger charge is 2.32. The lowest BCUT2D eigenvalue weighted by molar-refractivity contribution is -0.145. The van der Waals surface area contributed by atoms with E-state index in [0.717, 1.165) is 0 Å². The summed E-state index contributed by atoms with van der Waals surface area (Å²) < 4.78 is 0. The summed E-state index contributed by atoms with van der Waals surface area (Å²) in [5.74, 6) is -5.48. The van der Waals surface area contributed by atoms with E-state index < -0.39 is 66.9 Å². The summed E-state index contributed by atoms with van der Waals surface area (Å²) in [6.45, 7) is 4.22. The summed E-state index contributed by atoms with van der Waals surface area (Å²) in [6.07, 6.45) is -2.02. The van der Waals surface area contributed by atoms with Crippen molar-refractivity contribution in [2.75, 3.05) is 6.54 Å². The molecular weight excluding hydrogens is 376 g/mol. The minimum Gasteiger partial charge on any atom is -0.481 e. The van der Waals surface area contributed by atoms with Gasteiger partial charge in [-0.2, -0.15) is 0 Å². The molecule has 3 amide bonds. The zero-order valence-corrected chi connectivity index (χ0v) is 16.0. The maximum atomic E-state index is 12.4. The van der Waals surface area contributed by atoms with E-state index in [0.29, 0.717) is 0 Å². The fraction of sp³-hybridized carbons (Fsp3) is 0.688. The van der Waals surface area contributed by atoms with Gasteiger partial charge in [0.1, 0.15) is 12.1 Å². The second-order valence-corrected chi connectivity index (χ2v) is 6.68. The second kappa shape index (κ2) is 11.9. The van der Waals surface area contributed by atoms with Crippen LogP contribution in [0.25, 0.3) is 0 Å². The molecule has 0 radical (unpaired) electrons. The average Bonchev–Trinajstić information content (AvgIpc) is 2.56. The average molecular weight is 404 g/mol. The standard InChI is InChI=1S/C16H28N4O8/c1-7(2)4-9(15(26)20-13(8(3)21)16(27)28)19-14(25)10(5-12(23)24)18-11(22)6-17/h7-10,13,21H,4-6,17H2,1-3H3,(H,18,22)(H,19,25)(H,20,26)(H,23,24)(H,27,28). The van der Waals surface area contributed by atoms with Crippen molar-refractivity contribution in [2.24, 2.45) is 11.7 Å². The first kappa shape index (κ1) is 25.3. The molecule has 8 N–H and O–H groups in total. The smallest absolute Gasteiger partial charge is 0.328 e. The Balaban J connectivity index is 5.38. The highest BCUT2D eigenvalue weighted by Crippen LogP contribution is 2.07. The monoisotopic (exact) mass is 404 g/mol. The summed E-state index contributed by atoms with van der Waals surface area (Å²) in [4.78, 5) is 58.3. The van der Waals surface area contributed by atoms with Gasteiger partial charge in [0, 0.05) is 0 Å². The highest BCUT2D eigenvalue weighted by molar-refractivity contribution is 5.95. The predicted octanol–water partition coefficient (Wildman–Crippen LogP) is -2.61. The third kappa shape index (κ3) is 9.28. The topological polar surface area (TPSA) is 208 Å². The van der Waals surface area contributed by atoms with Crippen molar-refractivity contribution in [1.82, 2.24) is 16.0 Å². The Morgan fingerprint density at radius 3 is 1.82 bits per heavy atom. The quantitative estimate of drug-likeness (QED) is 0.181. The zero-order chi connectivity index (χ0) is 22.0. The molecule has 4 unspecified atom stereocenters. The Morgan fingerprint density at radius 1 is 0.893 bits per heavy atom. The van der Waals surface area contributed by atoms with Crippen molar-refractivity contribution >= 4 is 29.7 Å². The Morgan fingerprint density at radius 2 is 1.43 bits per heavy atom. The van der Waals surface area contributed by atoms with Gasteiger partial charge in [-0.05, 0) is 19.3 Å². The number of carboxylic acids is 2. The lowest BCUT2D eigenvalue weighted by Crippen LogP contribution is -2.58. The third-order valence-corrected chi connectivity index (χ3v) is 3.60. The van der Waals surface area contributed by atoms with Crippen LogP contribution in [0.2, 0.25) is 0 Å². The van der Waals surface area contributed by atoms with E-state index >= 15 is 0 Å². The fourth-order valence-corrected chi connectivity index (χ4v) is 2.25. The molecule has 0 bridgehead atoms. The molecule has 28 heavy (non-hydrogen) atoms. The molecule has 0 spiro atoms. The summed E-state index contributed by atoms with van der Waals surface area (Å²) in [6, 6.07) is -4.27. The number of carbonyl (C=O) groups excluding carboxylic acids is 3. The van der Waals surface area contributed by atoms with E-state index in [1.807, 2.05) is 0 Å². The summed E-state index contributed by atoms with van der Waals surface area (Å²) in [7, 11) is 0. The van der Waals surface area contributed by atoms with Gasteiger partial charge in [0.25, 0.3) is 0 Å². The predicted molar refractivity (Wildman–Crippen MR) is 95.9 cm³/mol. The van der Waals surface area contributed by atoms with Gasteiger partial charge in [0.2, 0.25) is 17.7 Å². The molecule has 0 aliphatic carbocycles. The molecule has 0 aromatic rings. The third-order valence-electron chi connectivity index (χ3n) is 3.60. The highest BCUT2D eigenvalue weighted by atomic mass is 16.4. The number of nitrogens with two attached hydrogens (primary N) is 1. The molecule has 0 aromatic heterocycles. The van der Waals surface area contributed by atoms with Crippen LogP contribution in [-0.2, 0) is 24.0 Å². The Kier molecular flexibility index (Phi) is 10.7. The van der Waals surface area contributed by atoms with Crippen molar-refractivity contribution in [3.05, 3.63) is 0 Å². The summed E-state index contributed by atoms with van der Waals surface area (Å²) in [5.41, 5.74) is 5.14. The SMILES string of the molecule is CC(C)CC(NC(=O)C(CC(=O)O)NC(=O)CN)C(=O)NC(C(=O)O)C(C)O. The molecular formula is C16H28N4O8. The van der Waals surface area contributed by atoms with Gasteiger partial charge in [-0.3, -0.25) is 19.2 Å². The van der Waals surface area contributed by atoms with Gasteiger partial charge in [0.05, 0.1) is 19.1 Å². The van der Waals surface area contributed by atoms with Crippen LogP contribution in [0.3, 0.4) is 0 Å². The van der Waals surface area contributed by atoms with Crippen LogP contribution >= 0.6 is 0 Å². The van der Waals surface area contributed by atoms with Crippen LogP contribution in [-0.4, -0.2) is 75.8 Å². The number of nitrogens with one attached hydrogen (secondary N) is 3. The first-order valence-corrected chi connectivity index (χ1v) is 8.61. The number of aliphatic carboxylic acids is 2. The van der Waals surface area contributed by atoms with Crippen molar-refractivity contribution < 1.29 is 39.3 Å². The molecule has 0 fully saturated rings. The van der Waals surface area contributed by atoms with Gasteiger partial charge in [-0.1, -0.05) is 13.8 Å². The lowest BCUT2D eigenvalue weighted by Gasteiger charge is -2.25. The van der Waals surface area contributed by atoms with Crippen molar-refractivity contribution in [3.63, 3.8) is 0 Å². The number of carbonyl (C=O) groups is 5. The van der Waals surface area contributed by atoms with Crippen LogP contribution in [0.5, 0.6) is 0 Å². The number of rotatable bonds is 12. The maximum Gasteiger partial charge on any atom is 0.328 e. The van der Waals surface area contributed by atoms with Gasteiger partial charge in [0.15, 0.2) is 6.04 Å². The minimum absolute atomic E-state index is 0.0950. The molecule has 0 aromatic carbocycles. The van der Waals surface area contributed by atoms with Crippen molar-refractivity contribution in [1.29, 1.82) is 0 Å². The minimum atomic E-state index is -1.59.